The second kappa shape index (κ2) is 6.94. The predicted molar refractivity (Wildman–Crippen MR) is 98.8 cm³/mol. The molecule has 0 radical (unpaired) electrons. The lowest BCUT2D eigenvalue weighted by atomic mass is 10.2. The zero-order chi connectivity index (χ0) is 18.0. The van der Waals surface area contributed by atoms with Gasteiger partial charge in [0.1, 0.15) is 0 Å². The Morgan fingerprint density at radius 3 is 2.84 bits per heavy atom. The monoisotopic (exact) mass is 403 g/mol. The summed E-state index contributed by atoms with van der Waals surface area (Å²) in [5.74, 6) is 0.248. The van der Waals surface area contributed by atoms with E-state index in [4.69, 9.17) is 4.74 Å². The summed E-state index contributed by atoms with van der Waals surface area (Å²) in [6.07, 6.45) is 1.35. The van der Waals surface area contributed by atoms with E-state index >= 15 is 0 Å². The van der Waals surface area contributed by atoms with E-state index in [1.54, 1.807) is 43.3 Å². The molecule has 3 rings (SSSR count). The van der Waals surface area contributed by atoms with Crippen LogP contribution in [0.3, 0.4) is 0 Å². The fraction of sp³-hybridized carbons (Fsp3) is 0.118. The largest absolute Gasteiger partial charge is 0.503 e. The molecule has 0 aliphatic carbocycles. The highest BCUT2D eigenvalue weighted by Gasteiger charge is 2.09. The van der Waals surface area contributed by atoms with Crippen LogP contribution >= 0.6 is 15.9 Å². The van der Waals surface area contributed by atoms with Crippen LogP contribution in [0.2, 0.25) is 0 Å². The van der Waals surface area contributed by atoms with Crippen molar-refractivity contribution in [3.63, 3.8) is 0 Å². The van der Waals surface area contributed by atoms with E-state index in [0.717, 1.165) is 4.68 Å². The first-order chi connectivity index (χ1) is 12.0. The van der Waals surface area contributed by atoms with Crippen molar-refractivity contribution in [2.45, 2.75) is 6.92 Å². The number of phenols is 1. The minimum absolute atomic E-state index is 0.0280. The number of benzene rings is 2. The molecule has 0 bridgehead atoms. The van der Waals surface area contributed by atoms with Crippen LogP contribution < -0.4 is 16.0 Å². The number of H-pyrrole nitrogens is 1. The number of fused-ring (bicyclic) bond motifs is 1. The van der Waals surface area contributed by atoms with Crippen LogP contribution in [0.1, 0.15) is 12.5 Å². The highest BCUT2D eigenvalue weighted by atomic mass is 79.9. The Kier molecular flexibility index (Phi) is 4.71. The lowest BCUT2D eigenvalue weighted by Gasteiger charge is -2.08. The fourth-order valence-electron chi connectivity index (χ4n) is 2.32. The number of aromatic hydroxyl groups is 1. The van der Waals surface area contributed by atoms with E-state index in [-0.39, 0.29) is 11.5 Å². The lowest BCUT2D eigenvalue weighted by molar-refractivity contribution is 0.317. The molecule has 0 atom stereocenters. The maximum absolute atomic E-state index is 12.4. The van der Waals surface area contributed by atoms with Crippen molar-refractivity contribution in [1.29, 1.82) is 0 Å². The minimum Gasteiger partial charge on any atom is -0.503 e. The Labute approximate surface area is 150 Å². The number of para-hydroxylation sites is 1. The number of aromatic amines is 1. The number of hydrogen-bond acceptors (Lipinski definition) is 5. The van der Waals surface area contributed by atoms with Crippen LogP contribution in [-0.2, 0) is 0 Å². The Bertz CT molecular complexity index is 1090. The average Bonchev–Trinajstić information content (AvgIpc) is 2.59. The zero-order valence-corrected chi connectivity index (χ0v) is 14.8. The van der Waals surface area contributed by atoms with Gasteiger partial charge in [-0.25, -0.2) is 4.79 Å². The third-order valence-corrected chi connectivity index (χ3v) is 4.06. The number of aromatic nitrogens is 2. The molecule has 2 N–H and O–H groups in total. The summed E-state index contributed by atoms with van der Waals surface area (Å²) in [5, 5.41) is 14.3. The molecule has 128 valence electrons. The summed E-state index contributed by atoms with van der Waals surface area (Å²) in [4.78, 5) is 27.1. The van der Waals surface area contributed by atoms with Crippen LogP contribution in [0, 0.1) is 0 Å². The van der Waals surface area contributed by atoms with Crippen LogP contribution in [0.25, 0.3) is 10.9 Å². The molecule has 0 aliphatic heterocycles. The number of halogens is 1. The topological polar surface area (TPSA) is 96.7 Å². The van der Waals surface area contributed by atoms with Crippen molar-refractivity contribution in [2.75, 3.05) is 6.61 Å². The van der Waals surface area contributed by atoms with Gasteiger partial charge in [-0.1, -0.05) is 12.1 Å². The van der Waals surface area contributed by atoms with E-state index in [2.05, 4.69) is 26.0 Å². The first-order valence-electron chi connectivity index (χ1n) is 7.45. The van der Waals surface area contributed by atoms with Gasteiger partial charge in [0, 0.05) is 0 Å². The number of rotatable bonds is 4. The summed E-state index contributed by atoms with van der Waals surface area (Å²) >= 11 is 3.23. The maximum atomic E-state index is 12.4. The number of nitrogens with one attached hydrogen (secondary N) is 1. The quantitative estimate of drug-likeness (QED) is 0.653. The van der Waals surface area contributed by atoms with E-state index in [1.165, 1.54) is 6.21 Å². The van der Waals surface area contributed by atoms with Crippen molar-refractivity contribution in [3.05, 3.63) is 67.3 Å². The molecule has 3 aromatic rings. The number of nitrogens with zero attached hydrogens (tertiary/aromatic N) is 2. The molecular formula is C17H14BrN3O4. The van der Waals surface area contributed by atoms with Gasteiger partial charge in [-0.3, -0.25) is 4.79 Å². The molecule has 7 nitrogen and oxygen atoms in total. The summed E-state index contributed by atoms with van der Waals surface area (Å²) in [6.45, 7) is 2.17. The van der Waals surface area contributed by atoms with E-state index < -0.39 is 11.2 Å². The molecule has 0 spiro atoms. The first-order valence-corrected chi connectivity index (χ1v) is 8.24. The predicted octanol–water partition coefficient (Wildman–Crippen LogP) is 2.44. The standard InChI is InChI=1S/C17H14BrN3O4/c1-2-25-14-8-10(7-12(18)15(14)22)9-19-21-16(23)11-5-3-4-6-13(11)20-17(21)24/h3-9,22H,2H2,1H3,(H,20,24)/b19-9+. The Balaban J connectivity index is 2.07. The van der Waals surface area contributed by atoms with Gasteiger partial charge in [0.05, 0.1) is 28.2 Å². The smallest absolute Gasteiger partial charge is 0.349 e. The Hall–Kier alpha value is -2.87. The highest BCUT2D eigenvalue weighted by molar-refractivity contribution is 9.10. The van der Waals surface area contributed by atoms with Crippen LogP contribution in [0.15, 0.2) is 55.6 Å². The van der Waals surface area contributed by atoms with E-state index in [1.807, 2.05) is 0 Å². The molecule has 25 heavy (non-hydrogen) atoms. The number of phenolic OH excluding ortho intramolecular Hbond substituents is 1. The molecule has 1 aromatic heterocycles. The van der Waals surface area contributed by atoms with Gasteiger partial charge in [0.15, 0.2) is 11.5 Å². The normalized spacial score (nSPS) is 11.3. The third kappa shape index (κ3) is 3.34. The van der Waals surface area contributed by atoms with Crippen LogP contribution in [0.4, 0.5) is 0 Å². The molecule has 8 heteroatoms. The molecule has 0 aliphatic rings. The van der Waals surface area contributed by atoms with Gasteiger partial charge < -0.3 is 14.8 Å². The van der Waals surface area contributed by atoms with Gasteiger partial charge in [-0.2, -0.15) is 5.10 Å². The lowest BCUT2D eigenvalue weighted by Crippen LogP contribution is -2.32. The molecule has 0 saturated heterocycles. The summed E-state index contributed by atoms with van der Waals surface area (Å²) < 4.78 is 6.51. The molecule has 0 saturated carbocycles. The van der Waals surface area contributed by atoms with Crippen molar-refractivity contribution in [3.8, 4) is 11.5 Å². The minimum atomic E-state index is -0.636. The number of ether oxygens (including phenoxy) is 1. The third-order valence-electron chi connectivity index (χ3n) is 3.46. The van der Waals surface area contributed by atoms with Crippen molar-refractivity contribution in [2.24, 2.45) is 5.10 Å². The average molecular weight is 404 g/mol. The van der Waals surface area contributed by atoms with Gasteiger partial charge in [-0.15, -0.1) is 4.68 Å². The van der Waals surface area contributed by atoms with Gasteiger partial charge in [0.25, 0.3) is 5.56 Å². The summed E-state index contributed by atoms with van der Waals surface area (Å²) in [5.41, 5.74) is -0.149. The molecule has 0 unspecified atom stereocenters. The highest BCUT2D eigenvalue weighted by Crippen LogP contribution is 2.35. The second-order valence-electron chi connectivity index (χ2n) is 5.12. The maximum Gasteiger partial charge on any atom is 0.349 e. The Morgan fingerprint density at radius 2 is 2.08 bits per heavy atom. The second-order valence-corrected chi connectivity index (χ2v) is 5.97. The van der Waals surface area contributed by atoms with Crippen molar-refractivity contribution in [1.82, 2.24) is 9.66 Å². The molecule has 0 fully saturated rings. The number of hydrogen-bond donors (Lipinski definition) is 2. The van der Waals surface area contributed by atoms with Crippen LogP contribution in [0.5, 0.6) is 11.5 Å². The van der Waals surface area contributed by atoms with Gasteiger partial charge in [-0.05, 0) is 52.7 Å². The molecule has 1 heterocycles. The van der Waals surface area contributed by atoms with Gasteiger partial charge >= 0.3 is 5.69 Å². The molecule has 0 amide bonds. The van der Waals surface area contributed by atoms with Crippen LogP contribution in [-0.4, -0.2) is 27.6 Å². The summed E-state index contributed by atoms with van der Waals surface area (Å²) in [7, 11) is 0. The van der Waals surface area contributed by atoms with E-state index in [9.17, 15) is 14.7 Å². The zero-order valence-electron chi connectivity index (χ0n) is 13.2. The summed E-state index contributed by atoms with van der Waals surface area (Å²) in [6, 6.07) is 9.87. The Morgan fingerprint density at radius 1 is 1.32 bits per heavy atom. The van der Waals surface area contributed by atoms with E-state index in [0.29, 0.717) is 27.5 Å². The molecular weight excluding hydrogens is 390 g/mol. The van der Waals surface area contributed by atoms with Crippen molar-refractivity contribution >= 4 is 33.0 Å². The van der Waals surface area contributed by atoms with Crippen molar-refractivity contribution < 1.29 is 9.84 Å². The SMILES string of the molecule is CCOc1cc(/C=N/n2c(=O)[nH]c3ccccc3c2=O)cc(Br)c1O. The van der Waals surface area contributed by atoms with Gasteiger partial charge in [0.2, 0.25) is 0 Å². The fourth-order valence-corrected chi connectivity index (χ4v) is 2.78. The molecule has 2 aromatic carbocycles. The first kappa shape index (κ1) is 17.0.